The lowest BCUT2D eigenvalue weighted by Gasteiger charge is -2.13. The van der Waals surface area contributed by atoms with Crippen molar-refractivity contribution in [2.45, 2.75) is 6.92 Å². The fourth-order valence-electron chi connectivity index (χ4n) is 2.13. The summed E-state index contributed by atoms with van der Waals surface area (Å²) < 4.78 is 4.83. The number of carbonyl (C=O) groups is 1. The van der Waals surface area contributed by atoms with E-state index >= 15 is 0 Å². The Morgan fingerprint density at radius 2 is 1.96 bits per heavy atom. The zero-order chi connectivity index (χ0) is 19.3. The summed E-state index contributed by atoms with van der Waals surface area (Å²) in [5.41, 5.74) is 0.660. The molecule has 0 saturated heterocycles. The number of nitriles is 1. The third-order valence-electron chi connectivity index (χ3n) is 3.46. The molecule has 0 bridgehead atoms. The Labute approximate surface area is 149 Å². The second-order valence-electron chi connectivity index (χ2n) is 5.32. The highest BCUT2D eigenvalue weighted by Crippen LogP contribution is 2.35. The number of rotatable bonds is 5. The van der Waals surface area contributed by atoms with Crippen LogP contribution in [-0.2, 0) is 4.79 Å². The largest absolute Gasteiger partial charge is 0.865 e. The summed E-state index contributed by atoms with van der Waals surface area (Å²) in [6.45, 7) is 1.90. The summed E-state index contributed by atoms with van der Waals surface area (Å²) in [5.74, 6) is -1.80. The van der Waals surface area contributed by atoms with Gasteiger partial charge in [0.1, 0.15) is 17.4 Å². The summed E-state index contributed by atoms with van der Waals surface area (Å²) in [6, 6.07) is 10.9. The molecule has 0 heterocycles. The van der Waals surface area contributed by atoms with Crippen LogP contribution in [0, 0.1) is 28.4 Å². The zero-order valence-electron chi connectivity index (χ0n) is 14.0. The van der Waals surface area contributed by atoms with E-state index < -0.39 is 22.3 Å². The molecular weight excluding hydrogens is 338 g/mol. The van der Waals surface area contributed by atoms with Crippen LogP contribution in [0.15, 0.2) is 42.0 Å². The molecule has 0 aromatic heterocycles. The Balaban J connectivity index is 2.37. The topological polar surface area (TPSA) is 128 Å². The molecule has 0 radical (unpaired) electrons. The van der Waals surface area contributed by atoms with Crippen molar-refractivity contribution in [1.82, 2.24) is 0 Å². The van der Waals surface area contributed by atoms with Gasteiger partial charge in [-0.05, 0) is 36.8 Å². The molecule has 2 aromatic rings. The first-order valence-corrected chi connectivity index (χ1v) is 7.39. The van der Waals surface area contributed by atoms with Crippen LogP contribution in [0.1, 0.15) is 11.1 Å². The van der Waals surface area contributed by atoms with E-state index in [1.165, 1.54) is 13.2 Å². The van der Waals surface area contributed by atoms with Crippen LogP contribution in [-0.4, -0.2) is 17.9 Å². The van der Waals surface area contributed by atoms with Crippen molar-refractivity contribution in [3.8, 4) is 17.6 Å². The number of nitro benzene ring substituents is 1. The van der Waals surface area contributed by atoms with Crippen LogP contribution in [0.2, 0.25) is 0 Å². The van der Waals surface area contributed by atoms with Gasteiger partial charge >= 0.3 is 0 Å². The summed E-state index contributed by atoms with van der Waals surface area (Å²) >= 11 is 0. The molecule has 2 aromatic carbocycles. The van der Waals surface area contributed by atoms with Crippen LogP contribution in [0.25, 0.3) is 6.08 Å². The molecule has 26 heavy (non-hydrogen) atoms. The smallest absolute Gasteiger partial charge is 0.266 e. The molecule has 8 heteroatoms. The summed E-state index contributed by atoms with van der Waals surface area (Å²) in [5, 5.41) is 34.6. The lowest BCUT2D eigenvalue weighted by molar-refractivity contribution is -0.398. The number of ether oxygens (including phenoxy) is 1. The molecule has 1 amide bonds. The van der Waals surface area contributed by atoms with Gasteiger partial charge in [0.25, 0.3) is 11.6 Å². The fraction of sp³-hybridized carbons (Fsp3) is 0.111. The Morgan fingerprint density at radius 1 is 1.31 bits per heavy atom. The van der Waals surface area contributed by atoms with Crippen molar-refractivity contribution < 1.29 is 19.6 Å². The molecule has 132 valence electrons. The zero-order valence-corrected chi connectivity index (χ0v) is 14.0. The lowest BCUT2D eigenvalue weighted by atomic mass is 10.1. The number of anilines is 1. The van der Waals surface area contributed by atoms with E-state index in [0.29, 0.717) is 5.69 Å². The molecule has 0 spiro atoms. The molecule has 8 nitrogen and oxygen atoms in total. The predicted octanol–water partition coefficient (Wildman–Crippen LogP) is 2.53. The number of aryl methyl sites for hydroxylation is 1. The van der Waals surface area contributed by atoms with Crippen molar-refractivity contribution in [3.63, 3.8) is 0 Å². The van der Waals surface area contributed by atoms with Crippen molar-refractivity contribution in [3.05, 3.63) is 63.2 Å². The van der Waals surface area contributed by atoms with Gasteiger partial charge in [0.15, 0.2) is 0 Å². The Morgan fingerprint density at radius 3 is 2.50 bits per heavy atom. The predicted molar refractivity (Wildman–Crippen MR) is 92.5 cm³/mol. The minimum atomic E-state index is -0.878. The van der Waals surface area contributed by atoms with Crippen LogP contribution in [0.4, 0.5) is 11.4 Å². The van der Waals surface area contributed by atoms with Gasteiger partial charge in [-0.25, -0.2) is 0 Å². The van der Waals surface area contributed by atoms with Gasteiger partial charge in [-0.2, -0.15) is 5.26 Å². The maximum Gasteiger partial charge on any atom is 0.266 e. The third kappa shape index (κ3) is 4.15. The van der Waals surface area contributed by atoms with E-state index in [2.05, 4.69) is 5.32 Å². The maximum absolute atomic E-state index is 12.2. The van der Waals surface area contributed by atoms with Gasteiger partial charge in [-0.1, -0.05) is 17.7 Å². The van der Waals surface area contributed by atoms with Gasteiger partial charge in [0.2, 0.25) is 0 Å². The normalized spacial score (nSPS) is 10.7. The number of benzene rings is 2. The second-order valence-corrected chi connectivity index (χ2v) is 5.32. The Kier molecular flexibility index (Phi) is 5.55. The van der Waals surface area contributed by atoms with Crippen molar-refractivity contribution in [1.29, 1.82) is 5.26 Å². The minimum absolute atomic E-state index is 0.128. The van der Waals surface area contributed by atoms with Crippen molar-refractivity contribution in [2.24, 2.45) is 0 Å². The summed E-state index contributed by atoms with van der Waals surface area (Å²) in [4.78, 5) is 22.4. The summed E-state index contributed by atoms with van der Waals surface area (Å²) in [6.07, 6.45) is 1.15. The van der Waals surface area contributed by atoms with Crippen molar-refractivity contribution in [2.75, 3.05) is 12.4 Å². The molecule has 0 fully saturated rings. The number of nitro groups is 1. The van der Waals surface area contributed by atoms with Crippen LogP contribution >= 0.6 is 0 Å². The first-order valence-electron chi connectivity index (χ1n) is 7.39. The number of nitrogens with zero attached hydrogens (tertiary/aromatic N) is 2. The Hall–Kier alpha value is -3.86. The van der Waals surface area contributed by atoms with Gasteiger partial charge in [0.05, 0.1) is 12.0 Å². The summed E-state index contributed by atoms with van der Waals surface area (Å²) in [7, 11) is 1.20. The molecule has 0 aliphatic heterocycles. The van der Waals surface area contributed by atoms with E-state index in [1.807, 2.05) is 6.92 Å². The third-order valence-corrected chi connectivity index (χ3v) is 3.46. The maximum atomic E-state index is 12.2. The molecule has 0 unspecified atom stereocenters. The van der Waals surface area contributed by atoms with E-state index in [-0.39, 0.29) is 16.9 Å². The molecule has 2 rings (SSSR count). The molecule has 0 aliphatic carbocycles. The number of methoxy groups -OCH3 is 1. The first-order chi connectivity index (χ1) is 12.3. The lowest BCUT2D eigenvalue weighted by Crippen LogP contribution is -2.13. The Bertz CT molecular complexity index is 927. The number of nitrogens with one attached hydrogen (secondary N) is 1. The number of hydrogen-bond donors (Lipinski definition) is 1. The monoisotopic (exact) mass is 352 g/mol. The SMILES string of the molecule is COc1cc(/C=C(\C#N)C(=O)Nc2ccc(C)cc2)cc([N+](=O)[O-])c1[O-]. The van der Waals surface area contributed by atoms with Crippen LogP contribution < -0.4 is 15.2 Å². The van der Waals surface area contributed by atoms with Gasteiger partial charge < -0.3 is 15.2 Å². The van der Waals surface area contributed by atoms with Gasteiger partial charge in [-0.15, -0.1) is 0 Å². The van der Waals surface area contributed by atoms with Crippen molar-refractivity contribution >= 4 is 23.4 Å². The second kappa shape index (κ2) is 7.81. The van der Waals surface area contributed by atoms with E-state index in [4.69, 9.17) is 4.74 Å². The van der Waals surface area contributed by atoms with Crippen LogP contribution in [0.5, 0.6) is 11.5 Å². The van der Waals surface area contributed by atoms with E-state index in [9.17, 15) is 25.3 Å². The molecular formula is C18H14N3O5-. The first kappa shape index (κ1) is 18.5. The fourth-order valence-corrected chi connectivity index (χ4v) is 2.13. The molecule has 0 saturated carbocycles. The highest BCUT2D eigenvalue weighted by molar-refractivity contribution is 6.09. The standard InChI is InChI=1S/C18H15N3O5/c1-11-3-5-14(6-4-11)20-18(23)13(10-19)7-12-8-15(21(24)25)17(22)16(9-12)26-2/h3-9,22H,1-2H3,(H,20,23)/p-1/b13-7+. The van der Waals surface area contributed by atoms with E-state index in [0.717, 1.165) is 17.7 Å². The van der Waals surface area contributed by atoms with Gasteiger partial charge in [-0.3, -0.25) is 14.9 Å². The number of hydrogen-bond acceptors (Lipinski definition) is 6. The van der Waals surface area contributed by atoms with Gasteiger partial charge in [0, 0.05) is 17.5 Å². The molecule has 0 aliphatic rings. The quantitative estimate of drug-likeness (QED) is 0.381. The highest BCUT2D eigenvalue weighted by Gasteiger charge is 2.15. The van der Waals surface area contributed by atoms with E-state index in [1.54, 1.807) is 30.3 Å². The average molecular weight is 352 g/mol. The molecule has 1 N–H and O–H groups in total. The average Bonchev–Trinajstić information content (AvgIpc) is 2.62. The minimum Gasteiger partial charge on any atom is -0.865 e. The van der Waals surface area contributed by atoms with Crippen LogP contribution in [0.3, 0.4) is 0 Å². The number of amides is 1. The highest BCUT2D eigenvalue weighted by atomic mass is 16.6. The number of carbonyl (C=O) groups excluding carboxylic acids is 1. The molecule has 0 atom stereocenters.